The van der Waals surface area contributed by atoms with E-state index in [0.29, 0.717) is 31.6 Å². The fourth-order valence-electron chi connectivity index (χ4n) is 2.98. The first-order valence-electron chi connectivity index (χ1n) is 8.95. The lowest BCUT2D eigenvalue weighted by atomic mass is 9.95. The summed E-state index contributed by atoms with van der Waals surface area (Å²) in [6, 6.07) is 8.62. The average Bonchev–Trinajstić information content (AvgIpc) is 2.57. The number of nitrogens with zero attached hydrogens (tertiary/aromatic N) is 1. The third-order valence-electron chi connectivity index (χ3n) is 4.32. The summed E-state index contributed by atoms with van der Waals surface area (Å²) in [5, 5.41) is 5.70. The third-order valence-corrected chi connectivity index (χ3v) is 4.32. The van der Waals surface area contributed by atoms with Gasteiger partial charge in [0.05, 0.1) is 0 Å². The van der Waals surface area contributed by atoms with Gasteiger partial charge in [0.25, 0.3) is 0 Å². The van der Waals surface area contributed by atoms with Gasteiger partial charge in [0.2, 0.25) is 17.7 Å². The summed E-state index contributed by atoms with van der Waals surface area (Å²) in [6.07, 6.45) is 2.16. The first-order valence-corrected chi connectivity index (χ1v) is 8.95. The molecular weight excluding hydrogens is 330 g/mol. The predicted molar refractivity (Wildman–Crippen MR) is 101 cm³/mol. The lowest BCUT2D eigenvalue weighted by Crippen LogP contribution is -2.52. The molecule has 0 bridgehead atoms. The first kappa shape index (κ1) is 19.7. The molecule has 0 spiro atoms. The maximum Gasteiger partial charge on any atom is 0.246 e. The Labute approximate surface area is 154 Å². The number of hydrogen-bond donors (Lipinski definition) is 2. The summed E-state index contributed by atoms with van der Waals surface area (Å²) >= 11 is 0. The van der Waals surface area contributed by atoms with E-state index in [1.165, 1.54) is 6.08 Å². The molecule has 1 aliphatic heterocycles. The zero-order chi connectivity index (χ0) is 19.1. The second-order valence-corrected chi connectivity index (χ2v) is 7.12. The third kappa shape index (κ3) is 5.72. The van der Waals surface area contributed by atoms with E-state index in [1.807, 2.05) is 44.2 Å². The lowest BCUT2D eigenvalue weighted by molar-refractivity contribution is -0.135. The van der Waals surface area contributed by atoms with Gasteiger partial charge in [-0.1, -0.05) is 38.6 Å². The van der Waals surface area contributed by atoms with Crippen molar-refractivity contribution in [3.05, 3.63) is 43.0 Å². The minimum atomic E-state index is -0.575. The van der Waals surface area contributed by atoms with E-state index in [-0.39, 0.29) is 29.6 Å². The van der Waals surface area contributed by atoms with E-state index in [0.717, 1.165) is 0 Å². The van der Waals surface area contributed by atoms with Gasteiger partial charge in [-0.2, -0.15) is 0 Å². The van der Waals surface area contributed by atoms with Crippen molar-refractivity contribution in [3.63, 3.8) is 0 Å². The highest BCUT2D eigenvalue weighted by Gasteiger charge is 2.32. The van der Waals surface area contributed by atoms with Gasteiger partial charge < -0.3 is 15.5 Å². The molecule has 6 heteroatoms. The number of para-hydroxylation sites is 1. The van der Waals surface area contributed by atoms with E-state index in [9.17, 15) is 14.4 Å². The smallest absolute Gasteiger partial charge is 0.246 e. The van der Waals surface area contributed by atoms with Crippen molar-refractivity contribution in [2.45, 2.75) is 32.7 Å². The van der Waals surface area contributed by atoms with Crippen LogP contribution in [0.2, 0.25) is 0 Å². The van der Waals surface area contributed by atoms with Gasteiger partial charge in [0.15, 0.2) is 0 Å². The molecule has 26 heavy (non-hydrogen) atoms. The van der Waals surface area contributed by atoms with Crippen molar-refractivity contribution in [3.8, 4) is 0 Å². The van der Waals surface area contributed by atoms with Crippen LogP contribution in [0.3, 0.4) is 0 Å². The number of anilines is 1. The first-order chi connectivity index (χ1) is 12.4. The summed E-state index contributed by atoms with van der Waals surface area (Å²) < 4.78 is 0. The Hall–Kier alpha value is -2.63. The normalized spacial score (nSPS) is 15.1. The van der Waals surface area contributed by atoms with Crippen LogP contribution in [0.1, 0.15) is 26.7 Å². The second kappa shape index (κ2) is 9.17. The fraction of sp³-hybridized carbons (Fsp3) is 0.450. The van der Waals surface area contributed by atoms with Crippen molar-refractivity contribution in [1.82, 2.24) is 10.2 Å². The van der Waals surface area contributed by atoms with Gasteiger partial charge in [0.1, 0.15) is 6.04 Å². The van der Waals surface area contributed by atoms with Crippen LogP contribution in [0.15, 0.2) is 43.0 Å². The van der Waals surface area contributed by atoms with Gasteiger partial charge in [-0.15, -0.1) is 0 Å². The molecule has 1 aliphatic rings. The van der Waals surface area contributed by atoms with Crippen LogP contribution in [-0.4, -0.2) is 41.8 Å². The predicted octanol–water partition coefficient (Wildman–Crippen LogP) is 2.19. The van der Waals surface area contributed by atoms with Crippen molar-refractivity contribution in [2.75, 3.05) is 18.4 Å². The maximum atomic E-state index is 12.5. The van der Waals surface area contributed by atoms with Crippen LogP contribution < -0.4 is 10.6 Å². The Morgan fingerprint density at radius 2 is 1.88 bits per heavy atom. The molecule has 0 unspecified atom stereocenters. The molecule has 1 heterocycles. The molecule has 1 aromatic rings. The number of hydrogen-bond acceptors (Lipinski definition) is 3. The molecule has 0 aromatic heterocycles. The summed E-state index contributed by atoms with van der Waals surface area (Å²) in [4.78, 5) is 38.0. The SMILES string of the molecule is C=CC(=O)N1CC(CC(=O)N[C@@H](CC(C)C)C(=O)Nc2ccccc2)C1. The molecule has 2 rings (SSSR count). The van der Waals surface area contributed by atoms with Crippen molar-refractivity contribution in [2.24, 2.45) is 11.8 Å². The van der Waals surface area contributed by atoms with Gasteiger partial charge in [0, 0.05) is 31.1 Å². The molecule has 1 atom stereocenters. The van der Waals surface area contributed by atoms with E-state index < -0.39 is 6.04 Å². The highest BCUT2D eigenvalue weighted by molar-refractivity contribution is 5.97. The molecule has 0 radical (unpaired) electrons. The highest BCUT2D eigenvalue weighted by atomic mass is 16.2. The summed E-state index contributed by atoms with van der Waals surface area (Å²) in [5.74, 6) is -0.0755. The van der Waals surface area contributed by atoms with E-state index in [1.54, 1.807) is 4.90 Å². The monoisotopic (exact) mass is 357 g/mol. The van der Waals surface area contributed by atoms with Gasteiger partial charge >= 0.3 is 0 Å². The minimum absolute atomic E-state index is 0.110. The number of carbonyl (C=O) groups excluding carboxylic acids is 3. The standard InChI is InChI=1S/C20H27N3O3/c1-4-19(25)23-12-15(13-23)11-18(24)22-17(10-14(2)3)20(26)21-16-8-6-5-7-9-16/h4-9,14-15,17H,1,10-13H2,2-3H3,(H,21,26)(H,22,24)/t17-/m0/s1. The minimum Gasteiger partial charge on any atom is -0.344 e. The van der Waals surface area contributed by atoms with Crippen LogP contribution in [0.4, 0.5) is 5.69 Å². The molecule has 1 aromatic carbocycles. The summed E-state index contributed by atoms with van der Waals surface area (Å²) in [7, 11) is 0. The summed E-state index contributed by atoms with van der Waals surface area (Å²) in [5.41, 5.74) is 0.707. The molecule has 0 aliphatic carbocycles. The van der Waals surface area contributed by atoms with Crippen LogP contribution in [0, 0.1) is 11.8 Å². The fourth-order valence-corrected chi connectivity index (χ4v) is 2.98. The van der Waals surface area contributed by atoms with E-state index >= 15 is 0 Å². The van der Waals surface area contributed by atoms with Crippen molar-refractivity contribution < 1.29 is 14.4 Å². The largest absolute Gasteiger partial charge is 0.344 e. The van der Waals surface area contributed by atoms with Crippen LogP contribution >= 0.6 is 0 Å². The molecule has 3 amide bonds. The lowest BCUT2D eigenvalue weighted by Gasteiger charge is -2.38. The van der Waals surface area contributed by atoms with Gasteiger partial charge in [-0.25, -0.2) is 0 Å². The number of carbonyl (C=O) groups is 3. The Kier molecular flexibility index (Phi) is 6.95. The zero-order valence-electron chi connectivity index (χ0n) is 15.4. The Morgan fingerprint density at radius 3 is 2.46 bits per heavy atom. The molecule has 1 fully saturated rings. The molecule has 1 saturated heterocycles. The quantitative estimate of drug-likeness (QED) is 0.700. The molecule has 0 saturated carbocycles. The Balaban J connectivity index is 1.86. The number of amides is 3. The zero-order valence-corrected chi connectivity index (χ0v) is 15.4. The van der Waals surface area contributed by atoms with Crippen molar-refractivity contribution in [1.29, 1.82) is 0 Å². The van der Waals surface area contributed by atoms with Crippen LogP contribution in [0.5, 0.6) is 0 Å². The molecule has 2 N–H and O–H groups in total. The van der Waals surface area contributed by atoms with Crippen LogP contribution in [0.25, 0.3) is 0 Å². The topological polar surface area (TPSA) is 78.5 Å². The average molecular weight is 357 g/mol. The summed E-state index contributed by atoms with van der Waals surface area (Å²) in [6.45, 7) is 8.60. The van der Waals surface area contributed by atoms with Gasteiger partial charge in [-0.3, -0.25) is 14.4 Å². The maximum absolute atomic E-state index is 12.5. The number of benzene rings is 1. The second-order valence-electron chi connectivity index (χ2n) is 7.12. The Bertz CT molecular complexity index is 652. The molecule has 140 valence electrons. The Morgan fingerprint density at radius 1 is 1.23 bits per heavy atom. The number of nitrogens with one attached hydrogen (secondary N) is 2. The van der Waals surface area contributed by atoms with Crippen molar-refractivity contribution >= 4 is 23.4 Å². The van der Waals surface area contributed by atoms with E-state index in [4.69, 9.17) is 0 Å². The van der Waals surface area contributed by atoms with E-state index in [2.05, 4.69) is 17.2 Å². The molecular formula is C20H27N3O3. The number of rotatable bonds is 8. The number of likely N-dealkylation sites (tertiary alicyclic amines) is 1. The van der Waals surface area contributed by atoms with Gasteiger partial charge in [-0.05, 0) is 30.5 Å². The molecule has 6 nitrogen and oxygen atoms in total. The van der Waals surface area contributed by atoms with Crippen LogP contribution in [-0.2, 0) is 14.4 Å². The highest BCUT2D eigenvalue weighted by Crippen LogP contribution is 2.19.